The first kappa shape index (κ1) is 20.9. The second-order valence-electron chi connectivity index (χ2n) is 11.0. The molecule has 0 aromatic heterocycles. The maximum absolute atomic E-state index is 11.1. The van der Waals surface area contributed by atoms with Gasteiger partial charge in [-0.1, -0.05) is 25.5 Å². The van der Waals surface area contributed by atoms with E-state index in [0.29, 0.717) is 29.1 Å². The molecule has 4 rings (SSSR count). The largest absolute Gasteiger partial charge is 0.481 e. The Hall–Kier alpha value is -1.32. The summed E-state index contributed by atoms with van der Waals surface area (Å²) in [6.07, 6.45) is 14.6. The van der Waals surface area contributed by atoms with Gasteiger partial charge < -0.3 is 10.2 Å². The number of aliphatic carboxylic acids is 2. The molecule has 1 unspecified atom stereocenters. The molecule has 0 spiro atoms. The summed E-state index contributed by atoms with van der Waals surface area (Å²) >= 11 is 0. The third kappa shape index (κ3) is 3.65. The predicted molar refractivity (Wildman–Crippen MR) is 112 cm³/mol. The van der Waals surface area contributed by atoms with E-state index in [2.05, 4.69) is 19.9 Å². The van der Waals surface area contributed by atoms with Gasteiger partial charge in [0.15, 0.2) is 0 Å². The number of carbonyl (C=O) groups is 2. The summed E-state index contributed by atoms with van der Waals surface area (Å²) in [5.74, 6) is 2.03. The van der Waals surface area contributed by atoms with E-state index in [4.69, 9.17) is 10.2 Å². The average Bonchev–Trinajstić information content (AvgIpc) is 3.01. The monoisotopic (exact) mass is 402 g/mol. The van der Waals surface area contributed by atoms with Crippen molar-refractivity contribution < 1.29 is 19.8 Å². The van der Waals surface area contributed by atoms with Crippen molar-refractivity contribution in [3.05, 3.63) is 11.6 Å². The van der Waals surface area contributed by atoms with Crippen molar-refractivity contribution in [1.29, 1.82) is 0 Å². The Morgan fingerprint density at radius 1 is 0.931 bits per heavy atom. The fraction of sp³-hybridized carbons (Fsp3) is 0.840. The van der Waals surface area contributed by atoms with Crippen molar-refractivity contribution in [3.8, 4) is 0 Å². The zero-order valence-corrected chi connectivity index (χ0v) is 18.2. The summed E-state index contributed by atoms with van der Waals surface area (Å²) in [7, 11) is 0. The standard InChI is InChI=1S/C25H38O4/c1-24-14-12-21-19(20(24)8-5-17(24)6-10-23(28)29)7-4-18-15-16(3-9-22(26)27)11-13-25(18,21)2/h15-17,19-21H,3-14H2,1-2H3,(H,26,27)(H,28,29)/t16?,17-,19+,20+,21+,24-,25+/m1/s1. The van der Waals surface area contributed by atoms with E-state index in [1.807, 2.05) is 0 Å². The van der Waals surface area contributed by atoms with E-state index >= 15 is 0 Å². The van der Waals surface area contributed by atoms with E-state index in [0.717, 1.165) is 37.0 Å². The van der Waals surface area contributed by atoms with Gasteiger partial charge in [-0.2, -0.15) is 0 Å². The molecule has 0 heterocycles. The number of fused-ring (bicyclic) bond motifs is 5. The molecule has 3 fully saturated rings. The Morgan fingerprint density at radius 2 is 1.66 bits per heavy atom. The Kier molecular flexibility index (Phi) is 5.59. The highest BCUT2D eigenvalue weighted by atomic mass is 16.4. The molecular weight excluding hydrogens is 364 g/mol. The lowest BCUT2D eigenvalue weighted by molar-refractivity contribution is -0.138. The van der Waals surface area contributed by atoms with Gasteiger partial charge in [0.05, 0.1) is 0 Å². The molecule has 0 bridgehead atoms. The number of hydrogen-bond acceptors (Lipinski definition) is 2. The number of rotatable bonds is 6. The van der Waals surface area contributed by atoms with Gasteiger partial charge in [0, 0.05) is 12.8 Å². The van der Waals surface area contributed by atoms with Crippen molar-refractivity contribution in [2.45, 2.75) is 90.9 Å². The van der Waals surface area contributed by atoms with Crippen LogP contribution in [0.4, 0.5) is 0 Å². The van der Waals surface area contributed by atoms with Crippen molar-refractivity contribution in [2.24, 2.45) is 40.4 Å². The first-order chi connectivity index (χ1) is 13.7. The van der Waals surface area contributed by atoms with Crippen LogP contribution in [0.2, 0.25) is 0 Å². The van der Waals surface area contributed by atoms with Crippen LogP contribution >= 0.6 is 0 Å². The second-order valence-corrected chi connectivity index (χ2v) is 11.0. The molecule has 0 aromatic carbocycles. The predicted octanol–water partition coefficient (Wildman–Crippen LogP) is 5.91. The van der Waals surface area contributed by atoms with Crippen LogP contribution < -0.4 is 0 Å². The summed E-state index contributed by atoms with van der Waals surface area (Å²) in [6.45, 7) is 4.98. The van der Waals surface area contributed by atoms with Crippen LogP contribution in [0, 0.1) is 40.4 Å². The number of hydrogen-bond donors (Lipinski definition) is 2. The van der Waals surface area contributed by atoms with Gasteiger partial charge in [-0.3, -0.25) is 9.59 Å². The van der Waals surface area contributed by atoms with E-state index in [1.165, 1.54) is 44.9 Å². The first-order valence-electron chi connectivity index (χ1n) is 11.9. The van der Waals surface area contributed by atoms with Crippen LogP contribution in [-0.2, 0) is 9.59 Å². The van der Waals surface area contributed by atoms with Crippen LogP contribution in [0.5, 0.6) is 0 Å². The summed E-state index contributed by atoms with van der Waals surface area (Å²) in [5, 5.41) is 18.2. The van der Waals surface area contributed by atoms with Gasteiger partial charge in [0.2, 0.25) is 0 Å². The van der Waals surface area contributed by atoms with Gasteiger partial charge in [0.1, 0.15) is 0 Å². The maximum Gasteiger partial charge on any atom is 0.303 e. The molecule has 0 aromatic rings. The normalized spacial score (nSPS) is 43.7. The molecule has 29 heavy (non-hydrogen) atoms. The van der Waals surface area contributed by atoms with E-state index < -0.39 is 11.9 Å². The van der Waals surface area contributed by atoms with E-state index in [1.54, 1.807) is 5.57 Å². The minimum atomic E-state index is -0.675. The minimum Gasteiger partial charge on any atom is -0.481 e. The van der Waals surface area contributed by atoms with Crippen molar-refractivity contribution in [1.82, 2.24) is 0 Å². The summed E-state index contributed by atoms with van der Waals surface area (Å²) in [4.78, 5) is 22.1. The first-order valence-corrected chi connectivity index (χ1v) is 11.9. The Bertz CT molecular complexity index is 697. The van der Waals surface area contributed by atoms with Gasteiger partial charge in [-0.25, -0.2) is 0 Å². The highest BCUT2D eigenvalue weighted by molar-refractivity contribution is 5.67. The SMILES string of the molecule is C[C@]12CC[C@H]3[C@@H](CCC4=CC(CCC(=O)O)CC[C@@]43C)[C@@H]1CC[C@@H]2CCC(=O)O. The number of carboxylic acid groups (broad SMARTS) is 2. The van der Waals surface area contributed by atoms with Crippen molar-refractivity contribution in [3.63, 3.8) is 0 Å². The number of allylic oxidation sites excluding steroid dienone is 2. The van der Waals surface area contributed by atoms with Crippen LogP contribution in [0.15, 0.2) is 11.6 Å². The summed E-state index contributed by atoms with van der Waals surface area (Å²) in [6, 6.07) is 0. The lowest BCUT2D eigenvalue weighted by Gasteiger charge is -2.58. The molecule has 162 valence electrons. The van der Waals surface area contributed by atoms with Crippen molar-refractivity contribution in [2.75, 3.05) is 0 Å². The molecular formula is C25H38O4. The summed E-state index contributed by atoms with van der Waals surface area (Å²) < 4.78 is 0. The highest BCUT2D eigenvalue weighted by Crippen LogP contribution is 2.67. The quantitative estimate of drug-likeness (QED) is 0.542. The van der Waals surface area contributed by atoms with Crippen LogP contribution in [0.1, 0.15) is 90.9 Å². The second kappa shape index (κ2) is 7.74. The molecule has 4 aliphatic carbocycles. The maximum atomic E-state index is 11.1. The molecule has 2 N–H and O–H groups in total. The van der Waals surface area contributed by atoms with Gasteiger partial charge in [-0.15, -0.1) is 0 Å². The van der Waals surface area contributed by atoms with Crippen LogP contribution in [0.25, 0.3) is 0 Å². The zero-order valence-electron chi connectivity index (χ0n) is 18.2. The molecule has 4 aliphatic rings. The highest BCUT2D eigenvalue weighted by Gasteiger charge is 2.58. The van der Waals surface area contributed by atoms with E-state index in [9.17, 15) is 9.59 Å². The van der Waals surface area contributed by atoms with Crippen LogP contribution in [0.3, 0.4) is 0 Å². The Morgan fingerprint density at radius 3 is 2.38 bits per heavy atom. The Balaban J connectivity index is 1.49. The Labute approximate surface area is 175 Å². The van der Waals surface area contributed by atoms with Gasteiger partial charge in [0.25, 0.3) is 0 Å². The smallest absolute Gasteiger partial charge is 0.303 e. The van der Waals surface area contributed by atoms with Crippen LogP contribution in [-0.4, -0.2) is 22.2 Å². The molecule has 4 heteroatoms. The fourth-order valence-electron chi connectivity index (χ4n) is 8.22. The molecule has 4 nitrogen and oxygen atoms in total. The third-order valence-electron chi connectivity index (χ3n) is 9.84. The third-order valence-corrected chi connectivity index (χ3v) is 9.84. The minimum absolute atomic E-state index is 0.287. The number of carboxylic acids is 2. The zero-order chi connectivity index (χ0) is 20.8. The van der Waals surface area contributed by atoms with Gasteiger partial charge in [-0.05, 0) is 105 Å². The van der Waals surface area contributed by atoms with E-state index in [-0.39, 0.29) is 6.42 Å². The topological polar surface area (TPSA) is 74.6 Å². The molecule has 7 atom stereocenters. The fourth-order valence-corrected chi connectivity index (χ4v) is 8.22. The molecule has 0 amide bonds. The van der Waals surface area contributed by atoms with Gasteiger partial charge >= 0.3 is 11.9 Å². The lowest BCUT2D eigenvalue weighted by atomic mass is 9.46. The molecule has 0 radical (unpaired) electrons. The lowest BCUT2D eigenvalue weighted by Crippen LogP contribution is -2.50. The van der Waals surface area contributed by atoms with Crippen molar-refractivity contribution >= 4 is 11.9 Å². The molecule has 0 aliphatic heterocycles. The molecule has 3 saturated carbocycles. The molecule has 0 saturated heterocycles. The average molecular weight is 403 g/mol. The summed E-state index contributed by atoms with van der Waals surface area (Å²) in [5.41, 5.74) is 2.28.